The van der Waals surface area contributed by atoms with Crippen LogP contribution in [0.5, 0.6) is 11.5 Å². The van der Waals surface area contributed by atoms with Gasteiger partial charge in [0.25, 0.3) is 11.8 Å². The molecule has 1 aliphatic heterocycles. The number of sulfone groups is 1. The van der Waals surface area contributed by atoms with E-state index < -0.39 is 33.4 Å². The Balaban J connectivity index is 1.79. The third-order valence-corrected chi connectivity index (χ3v) is 7.92. The third-order valence-electron chi connectivity index (χ3n) is 7.00. The number of hydrogen-bond donors (Lipinski definition) is 1. The molecule has 1 fully saturated rings. The summed E-state index contributed by atoms with van der Waals surface area (Å²) in [4.78, 5) is 41.5. The van der Waals surface area contributed by atoms with Crippen LogP contribution in [-0.2, 0) is 21.1 Å². The molecule has 2 aromatic rings. The summed E-state index contributed by atoms with van der Waals surface area (Å²) in [7, 11) is -2.14. The van der Waals surface area contributed by atoms with E-state index in [1.54, 1.807) is 37.3 Å². The van der Waals surface area contributed by atoms with E-state index in [1.165, 1.54) is 7.11 Å². The van der Waals surface area contributed by atoms with E-state index in [0.29, 0.717) is 35.8 Å². The lowest BCUT2D eigenvalue weighted by molar-refractivity contribution is -0.117. The van der Waals surface area contributed by atoms with E-state index in [4.69, 9.17) is 9.47 Å². The van der Waals surface area contributed by atoms with E-state index in [2.05, 4.69) is 12.2 Å². The number of fused-ring (bicyclic) bond motifs is 1. The van der Waals surface area contributed by atoms with Crippen LogP contribution in [0.15, 0.2) is 30.3 Å². The van der Waals surface area contributed by atoms with Gasteiger partial charge in [0.2, 0.25) is 5.91 Å². The summed E-state index contributed by atoms with van der Waals surface area (Å²) in [6.07, 6.45) is 6.28. The molecule has 0 aromatic heterocycles. The normalized spacial score (nSPS) is 15.7. The second-order valence-electron chi connectivity index (χ2n) is 10.2. The van der Waals surface area contributed by atoms with E-state index in [9.17, 15) is 22.8 Å². The van der Waals surface area contributed by atoms with E-state index >= 15 is 0 Å². The van der Waals surface area contributed by atoms with Crippen LogP contribution >= 0.6 is 0 Å². The van der Waals surface area contributed by atoms with Crippen molar-refractivity contribution in [2.75, 3.05) is 31.0 Å². The first-order chi connectivity index (χ1) is 18.6. The largest absolute Gasteiger partial charge is 0.493 e. The topological polar surface area (TPSA) is 119 Å². The number of imide groups is 1. The van der Waals surface area contributed by atoms with Gasteiger partial charge in [-0.1, -0.05) is 25.8 Å². The average molecular weight is 557 g/mol. The minimum absolute atomic E-state index is 0.0954. The van der Waals surface area contributed by atoms with E-state index in [0.717, 1.165) is 48.8 Å². The smallest absolute Gasteiger partial charge is 0.264 e. The van der Waals surface area contributed by atoms with Gasteiger partial charge in [-0.3, -0.25) is 19.3 Å². The summed E-state index contributed by atoms with van der Waals surface area (Å²) in [6, 6.07) is 7.24. The molecule has 0 saturated heterocycles. The van der Waals surface area contributed by atoms with Crippen molar-refractivity contribution in [3.05, 3.63) is 52.6 Å². The Morgan fingerprint density at radius 1 is 1.08 bits per heavy atom. The summed E-state index contributed by atoms with van der Waals surface area (Å²) in [5, 5.41) is 2.88. The Hall–Kier alpha value is -3.40. The molecule has 1 aliphatic carbocycles. The van der Waals surface area contributed by atoms with Gasteiger partial charge in [0.1, 0.15) is 9.84 Å². The standard InChI is InChI=1S/C29H36N2O7S/c1-5-7-8-9-18-14-21-26(22(15-18)30-27(32)19-10-11-19)29(34)31(28(21)33)23(17-39(4,35)36)20-12-13-24(37-3)25(16-20)38-6-2/h12-16,19,23H,5-11,17H2,1-4H3,(H,30,32)/t23-/m1/s1. The highest BCUT2D eigenvalue weighted by Gasteiger charge is 2.44. The maximum absolute atomic E-state index is 13.9. The zero-order chi connectivity index (χ0) is 28.3. The molecule has 210 valence electrons. The van der Waals surface area contributed by atoms with Gasteiger partial charge < -0.3 is 14.8 Å². The van der Waals surface area contributed by atoms with Gasteiger partial charge in [0, 0.05) is 12.2 Å². The molecule has 1 atom stereocenters. The second-order valence-corrected chi connectivity index (χ2v) is 12.4. The van der Waals surface area contributed by atoms with E-state index in [-0.39, 0.29) is 23.0 Å². The molecule has 2 aliphatic rings. The van der Waals surface area contributed by atoms with Crippen LogP contribution in [-0.4, -0.2) is 56.8 Å². The van der Waals surface area contributed by atoms with Crippen LogP contribution in [0.2, 0.25) is 0 Å². The van der Waals surface area contributed by atoms with Crippen LogP contribution in [0.4, 0.5) is 5.69 Å². The molecule has 10 heteroatoms. The van der Waals surface area contributed by atoms with Gasteiger partial charge in [0.05, 0.1) is 42.3 Å². The average Bonchev–Trinajstić information content (AvgIpc) is 3.70. The van der Waals surface area contributed by atoms with Gasteiger partial charge >= 0.3 is 0 Å². The molecule has 1 saturated carbocycles. The summed E-state index contributed by atoms with van der Waals surface area (Å²) < 4.78 is 36.1. The van der Waals surface area contributed by atoms with Crippen molar-refractivity contribution in [2.45, 2.75) is 58.4 Å². The summed E-state index contributed by atoms with van der Waals surface area (Å²) in [6.45, 7) is 4.25. The fraction of sp³-hybridized carbons (Fsp3) is 0.483. The molecule has 4 rings (SSSR count). The highest BCUT2D eigenvalue weighted by atomic mass is 32.2. The number of amides is 3. The van der Waals surface area contributed by atoms with Crippen LogP contribution in [0.1, 0.15) is 83.8 Å². The number of unbranched alkanes of at least 4 members (excludes halogenated alkanes) is 2. The molecule has 0 unspecified atom stereocenters. The molecule has 1 heterocycles. The number of benzene rings is 2. The molecule has 1 N–H and O–H groups in total. The monoisotopic (exact) mass is 556 g/mol. The summed E-state index contributed by atoms with van der Waals surface area (Å²) in [5.41, 5.74) is 1.85. The van der Waals surface area contributed by atoms with E-state index in [1.807, 2.05) is 0 Å². The number of rotatable bonds is 13. The number of carbonyl (C=O) groups excluding carboxylic acids is 3. The Kier molecular flexibility index (Phi) is 8.64. The van der Waals surface area contributed by atoms with Crippen LogP contribution < -0.4 is 14.8 Å². The van der Waals surface area contributed by atoms with Gasteiger partial charge in [-0.05, 0) is 68.0 Å². The molecule has 2 aromatic carbocycles. The van der Waals surface area contributed by atoms with Crippen LogP contribution in [0.3, 0.4) is 0 Å². The van der Waals surface area contributed by atoms with Gasteiger partial charge in [0.15, 0.2) is 11.5 Å². The maximum atomic E-state index is 13.9. The highest BCUT2D eigenvalue weighted by molar-refractivity contribution is 7.90. The summed E-state index contributed by atoms with van der Waals surface area (Å²) >= 11 is 0. The molecule has 0 bridgehead atoms. The number of nitrogens with one attached hydrogen (secondary N) is 1. The number of anilines is 1. The SMILES string of the molecule is CCCCCc1cc(NC(=O)C2CC2)c2c(c1)C(=O)N([C@H](CS(C)(=O)=O)c1ccc(OC)c(OCC)c1)C2=O. The number of methoxy groups -OCH3 is 1. The van der Waals surface area contributed by atoms with Crippen molar-refractivity contribution in [1.82, 2.24) is 4.90 Å². The predicted molar refractivity (Wildman–Crippen MR) is 148 cm³/mol. The summed E-state index contributed by atoms with van der Waals surface area (Å²) in [5.74, 6) is -1.14. The van der Waals surface area contributed by atoms with Gasteiger partial charge in [-0.15, -0.1) is 0 Å². The number of hydrogen-bond acceptors (Lipinski definition) is 7. The molecule has 0 spiro atoms. The lowest BCUT2D eigenvalue weighted by atomic mass is 9.99. The fourth-order valence-corrected chi connectivity index (χ4v) is 5.82. The number of carbonyl (C=O) groups is 3. The van der Waals surface area contributed by atoms with Crippen molar-refractivity contribution in [3.63, 3.8) is 0 Å². The Morgan fingerprint density at radius 2 is 1.82 bits per heavy atom. The van der Waals surface area contributed by atoms with Crippen molar-refractivity contribution in [3.8, 4) is 11.5 Å². The number of nitrogens with zero attached hydrogens (tertiary/aromatic N) is 1. The lowest BCUT2D eigenvalue weighted by Gasteiger charge is -2.27. The fourth-order valence-electron chi connectivity index (χ4n) is 4.90. The first kappa shape index (κ1) is 28.6. The molecule has 0 radical (unpaired) electrons. The molecular formula is C29H36N2O7S. The van der Waals surface area contributed by atoms with Gasteiger partial charge in [-0.25, -0.2) is 8.42 Å². The molecule has 39 heavy (non-hydrogen) atoms. The highest BCUT2D eigenvalue weighted by Crippen LogP contribution is 2.40. The zero-order valence-electron chi connectivity index (χ0n) is 22.9. The molecule has 9 nitrogen and oxygen atoms in total. The second kappa shape index (κ2) is 11.8. The Morgan fingerprint density at radius 3 is 2.44 bits per heavy atom. The van der Waals surface area contributed by atoms with Crippen molar-refractivity contribution in [1.29, 1.82) is 0 Å². The number of aryl methyl sites for hydroxylation is 1. The predicted octanol–water partition coefficient (Wildman–Crippen LogP) is 4.56. The zero-order valence-corrected chi connectivity index (χ0v) is 23.7. The third kappa shape index (κ3) is 6.43. The maximum Gasteiger partial charge on any atom is 0.264 e. The van der Waals surface area contributed by atoms with Gasteiger partial charge in [-0.2, -0.15) is 0 Å². The van der Waals surface area contributed by atoms with Crippen LogP contribution in [0, 0.1) is 5.92 Å². The van der Waals surface area contributed by atoms with Crippen molar-refractivity contribution >= 4 is 33.2 Å². The molecular weight excluding hydrogens is 520 g/mol. The molecule has 3 amide bonds. The minimum Gasteiger partial charge on any atom is -0.493 e. The quantitative estimate of drug-likeness (QED) is 0.284. The Bertz CT molecular complexity index is 1380. The first-order valence-corrected chi connectivity index (χ1v) is 15.5. The minimum atomic E-state index is -3.63. The number of ether oxygens (including phenoxy) is 2. The van der Waals surface area contributed by atoms with Crippen molar-refractivity contribution < 1.29 is 32.3 Å². The first-order valence-electron chi connectivity index (χ1n) is 13.4. The van der Waals surface area contributed by atoms with Crippen molar-refractivity contribution in [2.24, 2.45) is 5.92 Å². The van der Waals surface area contributed by atoms with Crippen LogP contribution in [0.25, 0.3) is 0 Å². The Labute approximate surface area is 229 Å². The lowest BCUT2D eigenvalue weighted by Crippen LogP contribution is -2.37.